The molecule has 0 aliphatic carbocycles. The third kappa shape index (κ3) is 2.43. The van der Waals surface area contributed by atoms with Crippen molar-refractivity contribution in [2.75, 3.05) is 14.2 Å². The summed E-state index contributed by atoms with van der Waals surface area (Å²) in [6.45, 7) is 2.00. The molecule has 1 aromatic rings. The molecule has 0 aliphatic heterocycles. The lowest BCUT2D eigenvalue weighted by molar-refractivity contribution is 0.394. The Hall–Kier alpha value is -1.22. The molecule has 0 amide bonds. The van der Waals surface area contributed by atoms with Gasteiger partial charge in [-0.2, -0.15) is 0 Å². The Morgan fingerprint density at radius 2 is 1.33 bits per heavy atom. The van der Waals surface area contributed by atoms with E-state index in [1.807, 2.05) is 25.1 Å². The second-order valence-corrected chi connectivity index (χ2v) is 2.39. The normalized spacial score (nSPS) is 8.58. The zero-order chi connectivity index (χ0) is 8.27. The van der Waals surface area contributed by atoms with Crippen LogP contribution in [0.15, 0.2) is 18.2 Å². The van der Waals surface area contributed by atoms with Crippen molar-refractivity contribution in [2.24, 2.45) is 0 Å². The fourth-order valence-corrected chi connectivity index (χ4v) is 0.950. The summed E-state index contributed by atoms with van der Waals surface area (Å²) in [6.07, 6.45) is 0. The van der Waals surface area contributed by atoms with E-state index in [2.05, 4.69) is 0 Å². The maximum absolute atomic E-state index is 5.06. The maximum atomic E-state index is 5.06. The van der Waals surface area contributed by atoms with E-state index in [0.717, 1.165) is 17.1 Å². The molecule has 0 saturated heterocycles. The smallest absolute Gasteiger partial charge is 0.122 e. The number of aryl methyl sites for hydroxylation is 1. The van der Waals surface area contributed by atoms with Crippen molar-refractivity contribution in [3.8, 4) is 11.5 Å². The highest BCUT2D eigenvalue weighted by molar-refractivity contribution is 5.37. The van der Waals surface area contributed by atoms with Gasteiger partial charge in [-0.25, -0.2) is 0 Å². The first-order valence-electron chi connectivity index (χ1n) is 3.46. The van der Waals surface area contributed by atoms with E-state index in [0.29, 0.717) is 0 Å². The summed E-state index contributed by atoms with van der Waals surface area (Å²) in [5.74, 6) is 1.67. The standard InChI is InChI=1S/C9H12O2.H2O/c1-7-4-8(10-2)6-9(5-7)11-3;/h4-6H,1-3H3;1H2. The summed E-state index contributed by atoms with van der Waals surface area (Å²) in [7, 11) is 3.29. The van der Waals surface area contributed by atoms with Gasteiger partial charge in [-0.05, 0) is 24.6 Å². The zero-order valence-electron chi connectivity index (χ0n) is 7.55. The summed E-state index contributed by atoms with van der Waals surface area (Å²) in [5.41, 5.74) is 1.14. The fourth-order valence-electron chi connectivity index (χ4n) is 0.950. The predicted molar refractivity (Wildman–Crippen MR) is 47.9 cm³/mol. The molecule has 0 atom stereocenters. The highest BCUT2D eigenvalue weighted by Crippen LogP contribution is 2.21. The molecule has 0 unspecified atom stereocenters. The first kappa shape index (κ1) is 10.8. The Morgan fingerprint density at radius 1 is 0.917 bits per heavy atom. The Balaban J connectivity index is 0.00000121. The van der Waals surface area contributed by atoms with E-state index in [1.54, 1.807) is 14.2 Å². The molecule has 0 spiro atoms. The van der Waals surface area contributed by atoms with Gasteiger partial charge in [-0.15, -0.1) is 0 Å². The molecule has 0 aromatic heterocycles. The number of benzene rings is 1. The Bertz CT molecular complexity index is 223. The van der Waals surface area contributed by atoms with Gasteiger partial charge in [0.15, 0.2) is 0 Å². The van der Waals surface area contributed by atoms with E-state index in [4.69, 9.17) is 9.47 Å². The van der Waals surface area contributed by atoms with Crippen molar-refractivity contribution in [1.82, 2.24) is 0 Å². The van der Waals surface area contributed by atoms with Gasteiger partial charge in [-0.3, -0.25) is 0 Å². The fraction of sp³-hybridized carbons (Fsp3) is 0.333. The van der Waals surface area contributed by atoms with Crippen molar-refractivity contribution >= 4 is 0 Å². The average Bonchev–Trinajstić information content (AvgIpc) is 2.03. The van der Waals surface area contributed by atoms with Crippen molar-refractivity contribution in [1.29, 1.82) is 0 Å². The minimum absolute atomic E-state index is 0. The zero-order valence-corrected chi connectivity index (χ0v) is 7.55. The molecule has 0 radical (unpaired) electrons. The van der Waals surface area contributed by atoms with Crippen LogP contribution in [0.2, 0.25) is 0 Å². The SMILES string of the molecule is COc1cc(C)cc(OC)c1.O. The van der Waals surface area contributed by atoms with Gasteiger partial charge >= 0.3 is 0 Å². The van der Waals surface area contributed by atoms with Gasteiger partial charge < -0.3 is 14.9 Å². The van der Waals surface area contributed by atoms with Crippen LogP contribution in [-0.2, 0) is 0 Å². The van der Waals surface area contributed by atoms with Crippen molar-refractivity contribution in [3.05, 3.63) is 23.8 Å². The molecule has 3 nitrogen and oxygen atoms in total. The minimum atomic E-state index is 0. The molecule has 1 rings (SSSR count). The molecule has 68 valence electrons. The Labute approximate surface area is 72.2 Å². The summed E-state index contributed by atoms with van der Waals surface area (Å²) in [4.78, 5) is 0. The Kier molecular flexibility index (Phi) is 4.15. The predicted octanol–water partition coefficient (Wildman–Crippen LogP) is 1.19. The van der Waals surface area contributed by atoms with E-state index in [9.17, 15) is 0 Å². The summed E-state index contributed by atoms with van der Waals surface area (Å²) in [6, 6.07) is 5.78. The second kappa shape index (κ2) is 4.62. The number of rotatable bonds is 2. The monoisotopic (exact) mass is 170 g/mol. The minimum Gasteiger partial charge on any atom is -0.497 e. The van der Waals surface area contributed by atoms with Crippen LogP contribution in [0.25, 0.3) is 0 Å². The van der Waals surface area contributed by atoms with Crippen LogP contribution in [0.4, 0.5) is 0 Å². The molecule has 0 heterocycles. The number of ether oxygens (including phenoxy) is 2. The van der Waals surface area contributed by atoms with E-state index in [1.165, 1.54) is 0 Å². The molecule has 0 aliphatic rings. The first-order valence-corrected chi connectivity index (χ1v) is 3.46. The van der Waals surface area contributed by atoms with E-state index >= 15 is 0 Å². The second-order valence-electron chi connectivity index (χ2n) is 2.39. The van der Waals surface area contributed by atoms with E-state index < -0.39 is 0 Å². The van der Waals surface area contributed by atoms with Crippen LogP contribution in [0, 0.1) is 6.92 Å². The molecular weight excluding hydrogens is 156 g/mol. The van der Waals surface area contributed by atoms with Crippen molar-refractivity contribution in [3.63, 3.8) is 0 Å². The summed E-state index contributed by atoms with van der Waals surface area (Å²) < 4.78 is 10.1. The lowest BCUT2D eigenvalue weighted by Crippen LogP contribution is -1.87. The Morgan fingerprint density at radius 3 is 1.67 bits per heavy atom. The topological polar surface area (TPSA) is 50.0 Å². The van der Waals surface area contributed by atoms with Crippen LogP contribution >= 0.6 is 0 Å². The lowest BCUT2D eigenvalue weighted by Gasteiger charge is -2.04. The molecular formula is C9H14O3. The molecule has 3 heteroatoms. The number of hydrogen-bond donors (Lipinski definition) is 0. The van der Waals surface area contributed by atoms with Gasteiger partial charge in [0.25, 0.3) is 0 Å². The van der Waals surface area contributed by atoms with Crippen LogP contribution in [-0.4, -0.2) is 19.7 Å². The molecule has 0 fully saturated rings. The highest BCUT2D eigenvalue weighted by atomic mass is 16.5. The maximum Gasteiger partial charge on any atom is 0.122 e. The third-order valence-electron chi connectivity index (χ3n) is 1.50. The summed E-state index contributed by atoms with van der Waals surface area (Å²) in [5, 5.41) is 0. The van der Waals surface area contributed by atoms with Gasteiger partial charge in [0.2, 0.25) is 0 Å². The third-order valence-corrected chi connectivity index (χ3v) is 1.50. The molecule has 2 N–H and O–H groups in total. The van der Waals surface area contributed by atoms with Gasteiger partial charge in [-0.1, -0.05) is 0 Å². The molecule has 0 saturated carbocycles. The van der Waals surface area contributed by atoms with Crippen molar-refractivity contribution in [2.45, 2.75) is 6.92 Å². The molecule has 12 heavy (non-hydrogen) atoms. The summed E-state index contributed by atoms with van der Waals surface area (Å²) >= 11 is 0. The van der Waals surface area contributed by atoms with Crippen LogP contribution in [0.1, 0.15) is 5.56 Å². The number of hydrogen-bond acceptors (Lipinski definition) is 2. The van der Waals surface area contributed by atoms with Gasteiger partial charge in [0, 0.05) is 6.07 Å². The number of methoxy groups -OCH3 is 2. The van der Waals surface area contributed by atoms with Crippen LogP contribution in [0.5, 0.6) is 11.5 Å². The average molecular weight is 170 g/mol. The van der Waals surface area contributed by atoms with Gasteiger partial charge in [0.05, 0.1) is 14.2 Å². The molecule has 0 bridgehead atoms. The largest absolute Gasteiger partial charge is 0.497 e. The van der Waals surface area contributed by atoms with Crippen LogP contribution < -0.4 is 9.47 Å². The first-order chi connectivity index (χ1) is 5.26. The molecule has 1 aromatic carbocycles. The lowest BCUT2D eigenvalue weighted by atomic mass is 10.2. The van der Waals surface area contributed by atoms with Crippen molar-refractivity contribution < 1.29 is 14.9 Å². The quantitative estimate of drug-likeness (QED) is 0.669. The van der Waals surface area contributed by atoms with Gasteiger partial charge in [0.1, 0.15) is 11.5 Å². The van der Waals surface area contributed by atoms with Crippen LogP contribution in [0.3, 0.4) is 0 Å². The van der Waals surface area contributed by atoms with E-state index in [-0.39, 0.29) is 5.48 Å². The highest BCUT2D eigenvalue weighted by Gasteiger charge is 1.96.